The molecule has 2 aliphatic heterocycles. The van der Waals surface area contributed by atoms with Crippen molar-refractivity contribution in [1.29, 1.82) is 0 Å². The van der Waals surface area contributed by atoms with Crippen molar-refractivity contribution in [2.45, 2.75) is 25.4 Å². The first kappa shape index (κ1) is 17.9. The van der Waals surface area contributed by atoms with Crippen LogP contribution in [-0.2, 0) is 0 Å². The van der Waals surface area contributed by atoms with Gasteiger partial charge >= 0.3 is 0 Å². The van der Waals surface area contributed by atoms with Gasteiger partial charge in [0.1, 0.15) is 17.8 Å². The molecule has 0 aliphatic carbocycles. The maximum Gasteiger partial charge on any atom is 0.293 e. The highest BCUT2D eigenvalue weighted by molar-refractivity contribution is 5.98. The minimum atomic E-state index is -0.620. The number of H-pyrrole nitrogens is 1. The van der Waals surface area contributed by atoms with Crippen molar-refractivity contribution in [1.82, 2.24) is 9.72 Å². The Kier molecular flexibility index (Phi) is 3.97. The molecule has 3 aromatic rings. The summed E-state index contributed by atoms with van der Waals surface area (Å²) in [5.74, 6) is -0.255. The van der Waals surface area contributed by atoms with Crippen molar-refractivity contribution in [2.75, 3.05) is 24.6 Å². The molecule has 2 aliphatic rings. The zero-order valence-corrected chi connectivity index (χ0v) is 15.3. The van der Waals surface area contributed by atoms with Crippen LogP contribution in [-0.4, -0.2) is 35.5 Å². The molecule has 8 nitrogen and oxygen atoms in total. The molecule has 2 atom stereocenters. The van der Waals surface area contributed by atoms with E-state index in [0.717, 1.165) is 6.42 Å². The van der Waals surface area contributed by atoms with E-state index in [4.69, 9.17) is 15.0 Å². The van der Waals surface area contributed by atoms with Crippen LogP contribution in [0.25, 0.3) is 22.0 Å². The van der Waals surface area contributed by atoms with Crippen LogP contribution in [0.5, 0.6) is 5.75 Å². The van der Waals surface area contributed by atoms with E-state index < -0.39 is 16.8 Å². The predicted octanol–water partition coefficient (Wildman–Crippen LogP) is 1.49. The van der Waals surface area contributed by atoms with Gasteiger partial charge in [0.2, 0.25) is 11.1 Å². The molecule has 5 rings (SSSR count). The third kappa shape index (κ3) is 2.31. The van der Waals surface area contributed by atoms with Crippen LogP contribution in [0.15, 0.2) is 20.2 Å². The maximum absolute atomic E-state index is 15.0. The highest BCUT2D eigenvalue weighted by Gasteiger charge is 2.33. The van der Waals surface area contributed by atoms with Gasteiger partial charge in [0.25, 0.3) is 5.56 Å². The number of pyridine rings is 1. The molecular formula is C17H18ClFN4O4. The van der Waals surface area contributed by atoms with Gasteiger partial charge in [0.15, 0.2) is 17.0 Å². The van der Waals surface area contributed by atoms with Gasteiger partial charge in [-0.2, -0.15) is 5.16 Å². The van der Waals surface area contributed by atoms with E-state index in [1.54, 1.807) is 4.57 Å². The standard InChI is InChI=1S/C17H17FN4O4.ClH/c1-7-6-25-15-12-9(4-10(18)13(15)21-3-2-8(19)5-21)14(23)11-16(24)20-26-17(11)22(7)12;/h4,7-8H,2-3,5-6,19H2,1H3,(H,20,24);1H. The summed E-state index contributed by atoms with van der Waals surface area (Å²) in [5, 5.41) is 2.21. The summed E-state index contributed by atoms with van der Waals surface area (Å²) < 4.78 is 27.9. The summed E-state index contributed by atoms with van der Waals surface area (Å²) in [5.41, 5.74) is 5.69. The number of nitrogens with two attached hydrogens (primary N) is 1. The van der Waals surface area contributed by atoms with Crippen LogP contribution >= 0.6 is 12.4 Å². The average molecular weight is 397 g/mol. The van der Waals surface area contributed by atoms with Gasteiger partial charge in [-0.3, -0.25) is 14.2 Å². The fraction of sp³-hybridized carbons (Fsp3) is 0.412. The lowest BCUT2D eigenvalue weighted by atomic mass is 10.1. The van der Waals surface area contributed by atoms with Crippen LogP contribution in [0.4, 0.5) is 10.1 Å². The summed E-state index contributed by atoms with van der Waals surface area (Å²) in [6, 6.07) is 0.961. The van der Waals surface area contributed by atoms with Crippen molar-refractivity contribution in [3.05, 3.63) is 32.5 Å². The lowest BCUT2D eigenvalue weighted by Crippen LogP contribution is -2.30. The SMILES string of the molecule is CC1COc2c(N3CCC(N)C3)c(F)cc3c(=O)c4c(=O)[nH]oc4n1c23.Cl. The lowest BCUT2D eigenvalue weighted by molar-refractivity contribution is 0.244. The van der Waals surface area contributed by atoms with Crippen molar-refractivity contribution >= 4 is 40.1 Å². The van der Waals surface area contributed by atoms with Gasteiger partial charge in [-0.1, -0.05) is 0 Å². The van der Waals surface area contributed by atoms with E-state index in [1.165, 1.54) is 6.07 Å². The molecular weight excluding hydrogens is 379 g/mol. The monoisotopic (exact) mass is 396 g/mol. The highest BCUT2D eigenvalue weighted by atomic mass is 35.5. The number of anilines is 1. The average Bonchev–Trinajstić information content (AvgIpc) is 3.19. The summed E-state index contributed by atoms with van der Waals surface area (Å²) >= 11 is 0. The Morgan fingerprint density at radius 1 is 1.37 bits per heavy atom. The van der Waals surface area contributed by atoms with E-state index in [-0.39, 0.29) is 47.6 Å². The molecule has 0 spiro atoms. The Hall–Kier alpha value is -2.52. The molecule has 0 saturated carbocycles. The van der Waals surface area contributed by atoms with Crippen LogP contribution in [0, 0.1) is 5.82 Å². The first-order chi connectivity index (χ1) is 12.5. The van der Waals surface area contributed by atoms with Gasteiger partial charge in [0.05, 0.1) is 11.4 Å². The molecule has 27 heavy (non-hydrogen) atoms. The van der Waals surface area contributed by atoms with E-state index >= 15 is 0 Å². The zero-order chi connectivity index (χ0) is 18.2. The van der Waals surface area contributed by atoms with Gasteiger partial charge in [-0.25, -0.2) is 4.39 Å². The number of aromatic nitrogens is 2. The molecule has 144 valence electrons. The van der Waals surface area contributed by atoms with Crippen molar-refractivity contribution in [2.24, 2.45) is 5.73 Å². The summed E-state index contributed by atoms with van der Waals surface area (Å²) in [6.45, 7) is 3.28. The Labute approximate surface area is 158 Å². The van der Waals surface area contributed by atoms with Crippen molar-refractivity contribution in [3.63, 3.8) is 0 Å². The maximum atomic E-state index is 15.0. The molecule has 2 aromatic heterocycles. The van der Waals surface area contributed by atoms with Gasteiger partial charge in [0, 0.05) is 19.1 Å². The Balaban J connectivity index is 0.00000180. The Morgan fingerprint density at radius 2 is 2.15 bits per heavy atom. The van der Waals surface area contributed by atoms with Gasteiger partial charge in [-0.05, 0) is 19.4 Å². The molecule has 0 amide bonds. The van der Waals surface area contributed by atoms with Crippen molar-refractivity contribution in [3.8, 4) is 5.75 Å². The van der Waals surface area contributed by atoms with E-state index in [0.29, 0.717) is 30.0 Å². The normalized spacial score (nSPS) is 21.5. The number of nitrogens with zero attached hydrogens (tertiary/aromatic N) is 2. The molecule has 0 radical (unpaired) electrons. The van der Waals surface area contributed by atoms with Gasteiger partial charge < -0.3 is 19.9 Å². The Morgan fingerprint density at radius 3 is 2.85 bits per heavy atom. The number of halogens is 2. The Bertz CT molecular complexity index is 1180. The number of fused-ring (bicyclic) bond motifs is 2. The number of aromatic amines is 1. The van der Waals surface area contributed by atoms with E-state index in [9.17, 15) is 14.0 Å². The van der Waals surface area contributed by atoms with Crippen LogP contribution in [0.3, 0.4) is 0 Å². The second-order valence-electron chi connectivity index (χ2n) is 7.00. The molecule has 1 aromatic carbocycles. The van der Waals surface area contributed by atoms with Crippen molar-refractivity contribution < 1.29 is 13.7 Å². The quantitative estimate of drug-likeness (QED) is 0.645. The molecule has 1 saturated heterocycles. The van der Waals surface area contributed by atoms with E-state index in [2.05, 4.69) is 5.16 Å². The molecule has 10 heteroatoms. The largest absolute Gasteiger partial charge is 0.487 e. The first-order valence-corrected chi connectivity index (χ1v) is 8.52. The minimum Gasteiger partial charge on any atom is -0.487 e. The fourth-order valence-electron chi connectivity index (χ4n) is 4.04. The molecule has 4 heterocycles. The molecule has 1 fully saturated rings. The predicted molar refractivity (Wildman–Crippen MR) is 101 cm³/mol. The first-order valence-electron chi connectivity index (χ1n) is 8.52. The third-order valence-corrected chi connectivity index (χ3v) is 5.25. The molecule has 3 N–H and O–H groups in total. The summed E-state index contributed by atoms with van der Waals surface area (Å²) in [7, 11) is 0. The smallest absolute Gasteiger partial charge is 0.293 e. The number of hydrogen-bond acceptors (Lipinski definition) is 6. The van der Waals surface area contributed by atoms with Crippen LogP contribution in [0.2, 0.25) is 0 Å². The molecule has 2 unspecified atom stereocenters. The minimum absolute atomic E-state index is 0. The summed E-state index contributed by atoms with van der Waals surface area (Å²) in [6.07, 6.45) is 0.756. The number of hydrogen-bond donors (Lipinski definition) is 2. The fourth-order valence-corrected chi connectivity index (χ4v) is 4.04. The zero-order valence-electron chi connectivity index (χ0n) is 14.5. The second-order valence-corrected chi connectivity index (χ2v) is 7.00. The summed E-state index contributed by atoms with van der Waals surface area (Å²) in [4.78, 5) is 26.7. The van der Waals surface area contributed by atoms with E-state index in [1.807, 2.05) is 11.8 Å². The third-order valence-electron chi connectivity index (χ3n) is 5.25. The van der Waals surface area contributed by atoms with Crippen LogP contribution in [0.1, 0.15) is 19.4 Å². The second kappa shape index (κ2) is 6.00. The highest BCUT2D eigenvalue weighted by Crippen LogP contribution is 2.43. The topological polar surface area (TPSA) is 106 Å². The number of nitrogens with one attached hydrogen (secondary N) is 1. The number of rotatable bonds is 1. The molecule has 0 bridgehead atoms. The van der Waals surface area contributed by atoms with Gasteiger partial charge in [-0.15, -0.1) is 12.4 Å². The lowest BCUT2D eigenvalue weighted by Gasteiger charge is -2.30. The van der Waals surface area contributed by atoms with Crippen LogP contribution < -0.4 is 26.4 Å². The number of benzene rings is 1. The number of ether oxygens (including phenoxy) is 1.